The Hall–Kier alpha value is -2.02. The van der Waals surface area contributed by atoms with Crippen molar-refractivity contribution in [2.24, 2.45) is 0 Å². The summed E-state index contributed by atoms with van der Waals surface area (Å²) < 4.78 is 32.6. The van der Waals surface area contributed by atoms with Crippen LogP contribution in [-0.2, 0) is 5.33 Å². The van der Waals surface area contributed by atoms with E-state index < -0.39 is 28.0 Å². The standard InChI is InChI=1S/C13H8BrF2NO3/c14-7-8-3-1-4-9(15)12(8)20-13-10(16)5-2-6-11(13)17(18)19/h1-6H,7H2. The number of hydrogen-bond acceptors (Lipinski definition) is 3. The van der Waals surface area contributed by atoms with Crippen molar-refractivity contribution in [2.45, 2.75) is 5.33 Å². The van der Waals surface area contributed by atoms with E-state index in [4.69, 9.17) is 4.74 Å². The Morgan fingerprint density at radius 2 is 1.70 bits per heavy atom. The van der Waals surface area contributed by atoms with Gasteiger partial charge in [-0.25, -0.2) is 8.78 Å². The quantitative estimate of drug-likeness (QED) is 0.464. The second-order valence-corrected chi connectivity index (χ2v) is 4.37. The molecule has 0 aliphatic rings. The topological polar surface area (TPSA) is 52.4 Å². The van der Waals surface area contributed by atoms with E-state index in [0.29, 0.717) is 5.56 Å². The summed E-state index contributed by atoms with van der Waals surface area (Å²) in [4.78, 5) is 10.1. The largest absolute Gasteiger partial charge is 0.444 e. The summed E-state index contributed by atoms with van der Waals surface area (Å²) in [6.45, 7) is 0. The summed E-state index contributed by atoms with van der Waals surface area (Å²) in [6, 6.07) is 7.46. The van der Waals surface area contributed by atoms with Crippen LogP contribution in [0, 0.1) is 21.7 Å². The van der Waals surface area contributed by atoms with Gasteiger partial charge in [-0.2, -0.15) is 0 Å². The lowest BCUT2D eigenvalue weighted by atomic mass is 10.2. The van der Waals surface area contributed by atoms with Gasteiger partial charge in [-0.3, -0.25) is 10.1 Å². The van der Waals surface area contributed by atoms with Crippen LogP contribution >= 0.6 is 15.9 Å². The minimum Gasteiger partial charge on any atom is -0.444 e. The van der Waals surface area contributed by atoms with E-state index in [1.165, 1.54) is 12.1 Å². The maximum atomic E-state index is 13.7. The van der Waals surface area contributed by atoms with Gasteiger partial charge >= 0.3 is 5.69 Å². The molecule has 0 N–H and O–H groups in total. The first-order chi connectivity index (χ1) is 9.54. The molecule has 0 fully saturated rings. The van der Waals surface area contributed by atoms with Crippen LogP contribution in [-0.4, -0.2) is 4.92 Å². The molecule has 20 heavy (non-hydrogen) atoms. The lowest BCUT2D eigenvalue weighted by molar-refractivity contribution is -0.385. The summed E-state index contributed by atoms with van der Waals surface area (Å²) >= 11 is 3.15. The number of hydrogen-bond donors (Lipinski definition) is 0. The molecule has 0 aliphatic heterocycles. The summed E-state index contributed by atoms with van der Waals surface area (Å²) in [5.74, 6) is -2.50. The molecule has 4 nitrogen and oxygen atoms in total. The summed E-state index contributed by atoms with van der Waals surface area (Å²) in [7, 11) is 0. The van der Waals surface area contributed by atoms with E-state index in [9.17, 15) is 18.9 Å². The molecule has 0 amide bonds. The third-order valence-electron chi connectivity index (χ3n) is 2.54. The predicted molar refractivity (Wildman–Crippen MR) is 72.2 cm³/mol. The molecule has 0 aromatic heterocycles. The average Bonchev–Trinajstić information content (AvgIpc) is 2.42. The molecule has 104 valence electrons. The minimum absolute atomic E-state index is 0.238. The molecule has 0 atom stereocenters. The molecule has 0 saturated heterocycles. The van der Waals surface area contributed by atoms with Gasteiger partial charge in [0.1, 0.15) is 0 Å². The molecule has 7 heteroatoms. The number of para-hydroxylation sites is 2. The Balaban J connectivity index is 2.53. The predicted octanol–water partition coefficient (Wildman–Crippen LogP) is 4.56. The second kappa shape index (κ2) is 5.96. The average molecular weight is 344 g/mol. The molecule has 2 rings (SSSR count). The minimum atomic E-state index is -0.928. The van der Waals surface area contributed by atoms with Gasteiger partial charge in [0.05, 0.1) is 4.92 Å². The molecule has 0 aliphatic carbocycles. The van der Waals surface area contributed by atoms with Gasteiger partial charge in [0, 0.05) is 17.0 Å². The van der Waals surface area contributed by atoms with Crippen molar-refractivity contribution >= 4 is 21.6 Å². The molecule has 2 aromatic carbocycles. The van der Waals surface area contributed by atoms with Gasteiger partial charge in [0.25, 0.3) is 0 Å². The van der Waals surface area contributed by atoms with Crippen LogP contribution in [0.3, 0.4) is 0 Å². The van der Waals surface area contributed by atoms with E-state index in [2.05, 4.69) is 15.9 Å². The van der Waals surface area contributed by atoms with Crippen LogP contribution in [0.15, 0.2) is 36.4 Å². The highest BCUT2D eigenvalue weighted by molar-refractivity contribution is 9.08. The maximum Gasteiger partial charge on any atom is 0.314 e. The van der Waals surface area contributed by atoms with Gasteiger partial charge in [-0.15, -0.1) is 0 Å². The lowest BCUT2D eigenvalue weighted by Crippen LogP contribution is -1.99. The molecular weight excluding hydrogens is 336 g/mol. The number of ether oxygens (including phenoxy) is 1. The number of halogens is 3. The van der Waals surface area contributed by atoms with Crippen molar-refractivity contribution in [1.29, 1.82) is 0 Å². The molecule has 0 bridgehead atoms. The first kappa shape index (κ1) is 14.4. The molecule has 0 spiro atoms. The van der Waals surface area contributed by atoms with Crippen LogP contribution in [0.25, 0.3) is 0 Å². The zero-order chi connectivity index (χ0) is 14.7. The van der Waals surface area contributed by atoms with E-state index >= 15 is 0 Å². The molecule has 2 aromatic rings. The van der Waals surface area contributed by atoms with E-state index in [1.54, 1.807) is 6.07 Å². The highest BCUT2D eigenvalue weighted by Crippen LogP contribution is 2.36. The Bertz CT molecular complexity index is 664. The van der Waals surface area contributed by atoms with Crippen LogP contribution in [0.2, 0.25) is 0 Å². The fourth-order valence-electron chi connectivity index (χ4n) is 1.62. The second-order valence-electron chi connectivity index (χ2n) is 3.81. The fourth-order valence-corrected chi connectivity index (χ4v) is 2.06. The normalized spacial score (nSPS) is 10.3. The van der Waals surface area contributed by atoms with Gasteiger partial charge in [0.15, 0.2) is 17.4 Å². The summed E-state index contributed by atoms with van der Waals surface area (Å²) in [5, 5.41) is 11.1. The van der Waals surface area contributed by atoms with Crippen molar-refractivity contribution in [3.8, 4) is 11.5 Å². The van der Waals surface area contributed by atoms with Gasteiger partial charge in [-0.05, 0) is 12.1 Å². The van der Waals surface area contributed by atoms with Crippen molar-refractivity contribution in [2.75, 3.05) is 0 Å². The van der Waals surface area contributed by atoms with E-state index in [-0.39, 0.29) is 11.1 Å². The number of nitro groups is 1. The van der Waals surface area contributed by atoms with E-state index in [1.807, 2.05) is 0 Å². The van der Waals surface area contributed by atoms with Crippen LogP contribution in [0.4, 0.5) is 14.5 Å². The summed E-state index contributed by atoms with van der Waals surface area (Å²) in [5.41, 5.74) is -0.142. The number of alkyl halides is 1. The van der Waals surface area contributed by atoms with E-state index in [0.717, 1.165) is 18.2 Å². The Labute approximate surface area is 121 Å². The smallest absolute Gasteiger partial charge is 0.314 e. The van der Waals surface area contributed by atoms with Gasteiger partial charge in [0.2, 0.25) is 5.75 Å². The zero-order valence-corrected chi connectivity index (χ0v) is 11.6. The van der Waals surface area contributed by atoms with Crippen molar-refractivity contribution in [3.63, 3.8) is 0 Å². The number of benzene rings is 2. The lowest BCUT2D eigenvalue weighted by Gasteiger charge is -2.11. The van der Waals surface area contributed by atoms with Crippen molar-refractivity contribution in [3.05, 3.63) is 63.7 Å². The maximum absolute atomic E-state index is 13.7. The number of nitrogens with zero attached hydrogens (tertiary/aromatic N) is 1. The van der Waals surface area contributed by atoms with Crippen molar-refractivity contribution < 1.29 is 18.4 Å². The van der Waals surface area contributed by atoms with Crippen LogP contribution < -0.4 is 4.74 Å². The Morgan fingerprint density at radius 1 is 1.10 bits per heavy atom. The van der Waals surface area contributed by atoms with Gasteiger partial charge in [-0.1, -0.05) is 34.1 Å². The Morgan fingerprint density at radius 3 is 2.30 bits per heavy atom. The van der Waals surface area contributed by atoms with Crippen LogP contribution in [0.1, 0.15) is 5.56 Å². The molecule has 0 heterocycles. The van der Waals surface area contributed by atoms with Crippen molar-refractivity contribution in [1.82, 2.24) is 0 Å². The zero-order valence-electron chi connectivity index (χ0n) is 9.98. The Kier molecular flexibility index (Phi) is 4.29. The van der Waals surface area contributed by atoms with Crippen LogP contribution in [0.5, 0.6) is 11.5 Å². The highest BCUT2D eigenvalue weighted by atomic mass is 79.9. The third-order valence-corrected chi connectivity index (χ3v) is 3.14. The number of rotatable bonds is 4. The molecular formula is C13H8BrF2NO3. The van der Waals surface area contributed by atoms with Gasteiger partial charge < -0.3 is 4.74 Å². The molecule has 0 saturated carbocycles. The molecule has 0 unspecified atom stereocenters. The SMILES string of the molecule is O=[N+]([O-])c1cccc(F)c1Oc1c(F)cccc1CBr. The fraction of sp³-hybridized carbons (Fsp3) is 0.0769. The third kappa shape index (κ3) is 2.77. The number of nitro benzene ring substituents is 1. The first-order valence-electron chi connectivity index (χ1n) is 5.48. The molecule has 0 radical (unpaired) electrons. The first-order valence-corrected chi connectivity index (χ1v) is 6.61. The summed E-state index contributed by atoms with van der Waals surface area (Å²) in [6.07, 6.45) is 0. The highest BCUT2D eigenvalue weighted by Gasteiger charge is 2.22. The monoisotopic (exact) mass is 343 g/mol.